The standard InChI is InChI=1S/C27H33N2O2S2/c1-5-16-30-20-12-14-24-22(18-20)28(7-3)26(32-24)10-9-11-27-29(8-4)23-19-21(31-17-6-2)13-15-25(23)33-27/h9-15,18-19H,5-8,16-17H2,1-4H3/q+1. The number of thiazole rings is 1. The van der Waals surface area contributed by atoms with Gasteiger partial charge in [-0.25, -0.2) is 0 Å². The third-order valence-electron chi connectivity index (χ3n) is 5.46. The van der Waals surface area contributed by atoms with Crippen LogP contribution in [-0.4, -0.2) is 19.8 Å². The van der Waals surface area contributed by atoms with Crippen molar-refractivity contribution in [1.82, 2.24) is 0 Å². The summed E-state index contributed by atoms with van der Waals surface area (Å²) >= 11 is 3.64. The maximum atomic E-state index is 5.85. The smallest absolute Gasteiger partial charge is 0.262 e. The molecule has 0 aliphatic carbocycles. The van der Waals surface area contributed by atoms with Gasteiger partial charge >= 0.3 is 0 Å². The quantitative estimate of drug-likeness (QED) is 0.284. The summed E-state index contributed by atoms with van der Waals surface area (Å²) in [6.07, 6.45) is 8.66. The fourth-order valence-corrected chi connectivity index (χ4v) is 6.13. The average Bonchev–Trinajstić information content (AvgIpc) is 3.37. The van der Waals surface area contributed by atoms with Gasteiger partial charge in [-0.1, -0.05) is 43.0 Å². The summed E-state index contributed by atoms with van der Waals surface area (Å²) in [6, 6.07) is 12.8. The molecule has 0 saturated carbocycles. The number of rotatable bonds is 10. The molecule has 1 aromatic heterocycles. The molecule has 0 spiro atoms. The summed E-state index contributed by atoms with van der Waals surface area (Å²) < 4.78 is 15.3. The lowest BCUT2D eigenvalue weighted by molar-refractivity contribution is -0.665. The molecule has 174 valence electrons. The number of ether oxygens (including phenoxy) is 2. The van der Waals surface area contributed by atoms with Crippen LogP contribution in [0.25, 0.3) is 16.3 Å². The summed E-state index contributed by atoms with van der Waals surface area (Å²) in [5, 5.41) is 2.49. The first-order chi connectivity index (χ1) is 16.2. The maximum absolute atomic E-state index is 5.85. The highest BCUT2D eigenvalue weighted by Gasteiger charge is 2.24. The van der Waals surface area contributed by atoms with E-state index in [2.05, 4.69) is 91.8 Å². The summed E-state index contributed by atoms with van der Waals surface area (Å²) in [6.45, 7) is 12.0. The zero-order valence-electron chi connectivity index (χ0n) is 20.0. The summed E-state index contributed by atoms with van der Waals surface area (Å²) in [7, 11) is 0. The predicted octanol–water partition coefficient (Wildman–Crippen LogP) is 7.27. The second kappa shape index (κ2) is 11.1. The van der Waals surface area contributed by atoms with Crippen LogP contribution in [0, 0.1) is 0 Å². The fraction of sp³-hybridized carbons (Fsp3) is 0.370. The molecule has 33 heavy (non-hydrogen) atoms. The van der Waals surface area contributed by atoms with Gasteiger partial charge in [-0.3, -0.25) is 0 Å². The highest BCUT2D eigenvalue weighted by atomic mass is 32.2. The van der Waals surface area contributed by atoms with E-state index in [0.717, 1.165) is 50.6 Å². The van der Waals surface area contributed by atoms with Crippen LogP contribution in [0.5, 0.6) is 11.5 Å². The normalized spacial score (nSPS) is 14.5. The molecule has 0 N–H and O–H groups in total. The van der Waals surface area contributed by atoms with E-state index in [1.165, 1.54) is 30.8 Å². The summed E-state index contributed by atoms with van der Waals surface area (Å²) in [5.41, 5.74) is 2.47. The molecule has 0 fully saturated rings. The van der Waals surface area contributed by atoms with Crippen LogP contribution in [-0.2, 0) is 6.54 Å². The van der Waals surface area contributed by atoms with Crippen molar-refractivity contribution in [3.8, 4) is 11.5 Å². The van der Waals surface area contributed by atoms with Crippen LogP contribution in [0.4, 0.5) is 5.69 Å². The number of anilines is 1. The van der Waals surface area contributed by atoms with Gasteiger partial charge in [-0.2, -0.15) is 4.57 Å². The Labute approximate surface area is 205 Å². The molecule has 4 rings (SSSR count). The van der Waals surface area contributed by atoms with Crippen molar-refractivity contribution < 1.29 is 14.0 Å². The highest BCUT2D eigenvalue weighted by Crippen LogP contribution is 2.47. The Morgan fingerprint density at radius 3 is 2.36 bits per heavy atom. The zero-order valence-corrected chi connectivity index (χ0v) is 21.6. The molecule has 1 aliphatic rings. The molecule has 3 aromatic rings. The maximum Gasteiger partial charge on any atom is 0.262 e. The first-order valence-corrected chi connectivity index (χ1v) is 13.5. The second-order valence-electron chi connectivity index (χ2n) is 7.85. The Bertz CT molecular complexity index is 1170. The van der Waals surface area contributed by atoms with Gasteiger partial charge in [0, 0.05) is 23.6 Å². The Kier molecular flexibility index (Phi) is 7.99. The highest BCUT2D eigenvalue weighted by molar-refractivity contribution is 8.03. The minimum Gasteiger partial charge on any atom is -0.494 e. The van der Waals surface area contributed by atoms with Gasteiger partial charge in [0.15, 0.2) is 0 Å². The van der Waals surface area contributed by atoms with Gasteiger partial charge < -0.3 is 14.4 Å². The van der Waals surface area contributed by atoms with Crippen molar-refractivity contribution in [2.75, 3.05) is 24.7 Å². The molecule has 4 nitrogen and oxygen atoms in total. The number of aryl methyl sites for hydroxylation is 1. The number of nitrogens with zero attached hydrogens (tertiary/aromatic N) is 2. The van der Waals surface area contributed by atoms with Gasteiger partial charge in [0.25, 0.3) is 5.01 Å². The van der Waals surface area contributed by atoms with Crippen molar-refractivity contribution in [2.24, 2.45) is 0 Å². The fourth-order valence-electron chi connectivity index (χ4n) is 3.89. The third kappa shape index (κ3) is 5.22. The monoisotopic (exact) mass is 481 g/mol. The van der Waals surface area contributed by atoms with E-state index < -0.39 is 0 Å². The number of hydrogen-bond donors (Lipinski definition) is 0. The molecular formula is C27H33N2O2S2+. The molecule has 0 bridgehead atoms. The van der Waals surface area contributed by atoms with E-state index >= 15 is 0 Å². The Hall–Kier alpha value is -2.44. The molecule has 0 amide bonds. The molecule has 0 saturated heterocycles. The lowest BCUT2D eigenvalue weighted by Crippen LogP contribution is -2.33. The number of hydrogen-bond acceptors (Lipinski definition) is 5. The average molecular weight is 482 g/mol. The molecule has 0 radical (unpaired) electrons. The molecule has 0 atom stereocenters. The number of aromatic nitrogens is 1. The summed E-state index contributed by atoms with van der Waals surface area (Å²) in [4.78, 5) is 3.64. The van der Waals surface area contributed by atoms with Crippen LogP contribution in [0.15, 0.2) is 58.5 Å². The topological polar surface area (TPSA) is 25.6 Å². The molecule has 2 heterocycles. The number of fused-ring (bicyclic) bond motifs is 2. The molecule has 0 unspecified atom stereocenters. The van der Waals surface area contributed by atoms with Crippen LogP contribution in [0.2, 0.25) is 0 Å². The predicted molar refractivity (Wildman–Crippen MR) is 142 cm³/mol. The number of benzene rings is 2. The first-order valence-electron chi connectivity index (χ1n) is 11.9. The Morgan fingerprint density at radius 1 is 0.939 bits per heavy atom. The lowest BCUT2D eigenvalue weighted by atomic mass is 10.2. The molecular weight excluding hydrogens is 448 g/mol. The van der Waals surface area contributed by atoms with Crippen molar-refractivity contribution in [3.05, 3.63) is 58.6 Å². The number of allylic oxidation sites excluding steroid dienone is 2. The van der Waals surface area contributed by atoms with Crippen molar-refractivity contribution in [1.29, 1.82) is 0 Å². The zero-order chi connectivity index (χ0) is 23.2. The van der Waals surface area contributed by atoms with Crippen LogP contribution < -0.4 is 18.9 Å². The van der Waals surface area contributed by atoms with Gasteiger partial charge in [0.1, 0.15) is 22.7 Å². The third-order valence-corrected chi connectivity index (χ3v) is 7.72. The van der Waals surface area contributed by atoms with Crippen molar-refractivity contribution >= 4 is 45.1 Å². The molecule has 2 aromatic carbocycles. The van der Waals surface area contributed by atoms with Gasteiger partial charge in [0.05, 0.1) is 30.0 Å². The van der Waals surface area contributed by atoms with E-state index in [0.29, 0.717) is 0 Å². The van der Waals surface area contributed by atoms with Crippen LogP contribution >= 0.6 is 23.1 Å². The van der Waals surface area contributed by atoms with E-state index in [1.807, 2.05) is 23.1 Å². The van der Waals surface area contributed by atoms with Gasteiger partial charge in [0.2, 0.25) is 5.52 Å². The van der Waals surface area contributed by atoms with Gasteiger partial charge in [-0.05, 0) is 57.0 Å². The Morgan fingerprint density at radius 2 is 1.67 bits per heavy atom. The van der Waals surface area contributed by atoms with Crippen molar-refractivity contribution in [2.45, 2.75) is 52.0 Å². The van der Waals surface area contributed by atoms with Crippen molar-refractivity contribution in [3.63, 3.8) is 0 Å². The molecule has 1 aliphatic heterocycles. The van der Waals surface area contributed by atoms with E-state index in [1.54, 1.807) is 0 Å². The van der Waals surface area contributed by atoms with E-state index in [4.69, 9.17) is 9.47 Å². The Balaban J connectivity index is 1.56. The number of thioether (sulfide) groups is 1. The van der Waals surface area contributed by atoms with Crippen LogP contribution in [0.1, 0.15) is 45.5 Å². The van der Waals surface area contributed by atoms with E-state index in [9.17, 15) is 0 Å². The van der Waals surface area contributed by atoms with Gasteiger partial charge in [-0.15, -0.1) is 0 Å². The van der Waals surface area contributed by atoms with Crippen LogP contribution in [0.3, 0.4) is 0 Å². The lowest BCUT2D eigenvalue weighted by Gasteiger charge is -2.18. The minimum absolute atomic E-state index is 0.752. The van der Waals surface area contributed by atoms with E-state index in [-0.39, 0.29) is 0 Å². The first kappa shape index (κ1) is 23.7. The summed E-state index contributed by atoms with van der Waals surface area (Å²) in [5.74, 6) is 1.89. The minimum atomic E-state index is 0.752. The SMILES string of the molecule is CCCOc1ccc2c(c1)N(CC)C(=CC=Cc1sc3ccc(OCCC)cc3[n+]1CC)S2. The largest absolute Gasteiger partial charge is 0.494 e. The molecule has 6 heteroatoms. The second-order valence-corrected chi connectivity index (χ2v) is 9.98.